The molecule has 0 N–H and O–H groups in total. The van der Waals surface area contributed by atoms with Crippen LogP contribution in [0, 0.1) is 16.0 Å². The Bertz CT molecular complexity index is 679. The molecule has 1 aliphatic rings. The zero-order chi connectivity index (χ0) is 19.3. The van der Waals surface area contributed by atoms with Crippen LogP contribution in [0.3, 0.4) is 0 Å². The number of non-ortho nitro benzene ring substituents is 1. The van der Waals surface area contributed by atoms with Crippen LogP contribution < -0.4 is 0 Å². The molecule has 1 fully saturated rings. The van der Waals surface area contributed by atoms with E-state index in [2.05, 4.69) is 0 Å². The van der Waals surface area contributed by atoms with Crippen molar-refractivity contribution in [2.75, 3.05) is 12.4 Å². The first-order chi connectivity index (χ1) is 12.4. The second-order valence-electron chi connectivity index (χ2n) is 6.52. The molecule has 0 saturated carbocycles. The molecule has 0 spiro atoms. The highest BCUT2D eigenvalue weighted by Crippen LogP contribution is 2.36. The van der Waals surface area contributed by atoms with E-state index in [1.54, 1.807) is 0 Å². The minimum absolute atomic E-state index is 0.135. The van der Waals surface area contributed by atoms with Gasteiger partial charge in [0.25, 0.3) is 11.6 Å². The number of carbonyl (C=O) groups excluding carboxylic acids is 2. The Kier molecular flexibility index (Phi) is 7.02. The monoisotopic (exact) mass is 380 g/mol. The van der Waals surface area contributed by atoms with E-state index in [-0.39, 0.29) is 28.4 Å². The number of amides is 1. The fourth-order valence-corrected chi connectivity index (χ4v) is 4.26. The molecule has 1 heterocycles. The third-order valence-electron chi connectivity index (χ3n) is 4.16. The van der Waals surface area contributed by atoms with Crippen molar-refractivity contribution in [3.05, 3.63) is 39.9 Å². The smallest absolute Gasteiger partial charge is 0.329 e. The summed E-state index contributed by atoms with van der Waals surface area (Å²) in [5.41, 5.74) is 0.0598. The van der Waals surface area contributed by atoms with E-state index in [0.29, 0.717) is 12.4 Å². The molecule has 2 atom stereocenters. The van der Waals surface area contributed by atoms with Crippen molar-refractivity contribution in [2.45, 2.75) is 45.0 Å². The maximum absolute atomic E-state index is 13.1. The molecule has 1 amide bonds. The van der Waals surface area contributed by atoms with Gasteiger partial charge in [-0.15, -0.1) is 11.8 Å². The molecule has 8 heteroatoms. The van der Waals surface area contributed by atoms with Crippen molar-refractivity contribution < 1.29 is 19.2 Å². The zero-order valence-corrected chi connectivity index (χ0v) is 16.0. The summed E-state index contributed by atoms with van der Waals surface area (Å²) < 4.78 is 5.32. The lowest BCUT2D eigenvalue weighted by Crippen LogP contribution is -2.47. The number of ether oxygens (including phenoxy) is 1. The van der Waals surface area contributed by atoms with Crippen LogP contribution in [0.2, 0.25) is 0 Å². The molecule has 1 saturated heterocycles. The van der Waals surface area contributed by atoms with E-state index < -0.39 is 16.9 Å². The van der Waals surface area contributed by atoms with Gasteiger partial charge < -0.3 is 9.64 Å². The number of thioether (sulfide) groups is 1. The van der Waals surface area contributed by atoms with Crippen LogP contribution in [0.5, 0.6) is 0 Å². The van der Waals surface area contributed by atoms with E-state index in [9.17, 15) is 19.7 Å². The summed E-state index contributed by atoms with van der Waals surface area (Å²) in [7, 11) is 0. The number of nitrogens with zero attached hydrogens (tertiary/aromatic N) is 2. The van der Waals surface area contributed by atoms with Gasteiger partial charge in [-0.05, 0) is 18.4 Å². The average Bonchev–Trinajstić information content (AvgIpc) is 3.06. The number of nitro benzene ring substituents is 1. The quantitative estimate of drug-likeness (QED) is 0.311. The van der Waals surface area contributed by atoms with Gasteiger partial charge in [0.2, 0.25) is 0 Å². The maximum Gasteiger partial charge on any atom is 0.329 e. The largest absolute Gasteiger partial charge is 0.464 e. The normalized spacial score (nSPS) is 19.6. The van der Waals surface area contributed by atoms with Crippen LogP contribution >= 0.6 is 11.8 Å². The molecule has 0 radical (unpaired) electrons. The van der Waals surface area contributed by atoms with Gasteiger partial charge in [0, 0.05) is 23.4 Å². The third-order valence-corrected chi connectivity index (χ3v) is 5.78. The molecule has 1 aromatic rings. The minimum atomic E-state index is -0.670. The van der Waals surface area contributed by atoms with Gasteiger partial charge in [-0.2, -0.15) is 0 Å². The zero-order valence-electron chi connectivity index (χ0n) is 15.2. The van der Waals surface area contributed by atoms with Gasteiger partial charge in [-0.1, -0.05) is 33.3 Å². The van der Waals surface area contributed by atoms with E-state index in [0.717, 1.165) is 12.8 Å². The number of benzene rings is 1. The number of hydrogen-bond donors (Lipinski definition) is 0. The summed E-state index contributed by atoms with van der Waals surface area (Å²) in [5.74, 6) is -0.187. The molecule has 0 aromatic heterocycles. The van der Waals surface area contributed by atoms with E-state index in [1.165, 1.54) is 40.9 Å². The Labute approximate surface area is 157 Å². The summed E-state index contributed by atoms with van der Waals surface area (Å²) >= 11 is 1.54. The molecule has 1 aromatic carbocycles. The van der Waals surface area contributed by atoms with Gasteiger partial charge in [0.15, 0.2) is 0 Å². The highest BCUT2D eigenvalue weighted by atomic mass is 32.2. The minimum Gasteiger partial charge on any atom is -0.464 e. The predicted molar refractivity (Wildman–Crippen MR) is 100 cm³/mol. The second kappa shape index (κ2) is 9.02. The summed E-state index contributed by atoms with van der Waals surface area (Å²) in [5, 5.41) is 10.8. The fraction of sp³-hybridized carbons (Fsp3) is 0.556. The van der Waals surface area contributed by atoms with Gasteiger partial charge in [0.05, 0.1) is 16.9 Å². The number of unbranched alkanes of at least 4 members (excludes halogenated alkanes) is 1. The molecule has 26 heavy (non-hydrogen) atoms. The van der Waals surface area contributed by atoms with Crippen LogP contribution in [-0.2, 0) is 9.53 Å². The van der Waals surface area contributed by atoms with Crippen LogP contribution in [0.1, 0.15) is 44.0 Å². The number of esters is 1. The lowest BCUT2D eigenvalue weighted by atomic mass is 10.1. The van der Waals surface area contributed by atoms with Crippen molar-refractivity contribution in [3.8, 4) is 0 Å². The predicted octanol–water partition coefficient (Wildman–Crippen LogP) is 3.48. The van der Waals surface area contributed by atoms with E-state index in [4.69, 9.17) is 4.74 Å². The first-order valence-electron chi connectivity index (χ1n) is 8.72. The van der Waals surface area contributed by atoms with Crippen molar-refractivity contribution in [1.29, 1.82) is 0 Å². The van der Waals surface area contributed by atoms with Crippen LogP contribution in [0.25, 0.3) is 0 Å². The Balaban J connectivity index is 2.27. The van der Waals surface area contributed by atoms with E-state index >= 15 is 0 Å². The molecular weight excluding hydrogens is 356 g/mol. The SMILES string of the molecule is CCCCOC(=O)C1CSC(C(C)C)N1C(=O)c1cccc([N+](=O)[O-])c1. The Morgan fingerprint density at radius 3 is 2.77 bits per heavy atom. The number of nitro groups is 1. The lowest BCUT2D eigenvalue weighted by Gasteiger charge is -2.30. The lowest BCUT2D eigenvalue weighted by molar-refractivity contribution is -0.384. The highest BCUT2D eigenvalue weighted by molar-refractivity contribution is 8.00. The molecule has 7 nitrogen and oxygen atoms in total. The summed E-state index contributed by atoms with van der Waals surface area (Å²) in [4.78, 5) is 37.5. The standard InChI is InChI=1S/C18H24N2O5S/c1-4-5-9-25-18(22)15-11-26-17(12(2)3)19(15)16(21)13-7-6-8-14(10-13)20(23)24/h6-8,10,12,15,17H,4-5,9,11H2,1-3H3. The topological polar surface area (TPSA) is 89.8 Å². The van der Waals surface area contributed by atoms with Crippen LogP contribution in [0.4, 0.5) is 5.69 Å². The Hall–Kier alpha value is -2.09. The van der Waals surface area contributed by atoms with Crippen molar-refractivity contribution >= 4 is 29.3 Å². The summed E-state index contributed by atoms with van der Waals surface area (Å²) in [6.45, 7) is 6.31. The van der Waals surface area contributed by atoms with Crippen molar-refractivity contribution in [3.63, 3.8) is 0 Å². The number of rotatable bonds is 7. The highest BCUT2D eigenvalue weighted by Gasteiger charge is 2.44. The van der Waals surface area contributed by atoms with Gasteiger partial charge in [-0.3, -0.25) is 14.9 Å². The Morgan fingerprint density at radius 1 is 1.42 bits per heavy atom. The molecule has 1 aliphatic heterocycles. The maximum atomic E-state index is 13.1. The van der Waals surface area contributed by atoms with Crippen LogP contribution in [0.15, 0.2) is 24.3 Å². The molecular formula is C18H24N2O5S. The van der Waals surface area contributed by atoms with Gasteiger partial charge in [-0.25, -0.2) is 4.79 Å². The summed E-state index contributed by atoms with van der Waals surface area (Å²) in [6, 6.07) is 4.94. The molecule has 0 aliphatic carbocycles. The van der Waals surface area contributed by atoms with Gasteiger partial charge in [0.1, 0.15) is 6.04 Å². The van der Waals surface area contributed by atoms with E-state index in [1.807, 2.05) is 20.8 Å². The first kappa shape index (κ1) is 20.2. The first-order valence-corrected chi connectivity index (χ1v) is 9.77. The van der Waals surface area contributed by atoms with Gasteiger partial charge >= 0.3 is 5.97 Å². The number of carbonyl (C=O) groups is 2. The average molecular weight is 380 g/mol. The third kappa shape index (κ3) is 4.55. The molecule has 142 valence electrons. The van der Waals surface area contributed by atoms with Crippen molar-refractivity contribution in [2.24, 2.45) is 5.92 Å². The summed E-state index contributed by atoms with van der Waals surface area (Å²) in [6.07, 6.45) is 1.69. The molecule has 2 rings (SSSR count). The Morgan fingerprint density at radius 2 is 2.15 bits per heavy atom. The second-order valence-corrected chi connectivity index (χ2v) is 7.67. The fourth-order valence-electron chi connectivity index (χ4n) is 2.79. The molecule has 0 bridgehead atoms. The molecule has 2 unspecified atom stereocenters. The van der Waals surface area contributed by atoms with Crippen molar-refractivity contribution in [1.82, 2.24) is 4.90 Å². The number of hydrogen-bond acceptors (Lipinski definition) is 6. The van der Waals surface area contributed by atoms with Crippen LogP contribution in [-0.4, -0.2) is 45.5 Å².